The molecule has 0 heterocycles. The molecule has 0 aliphatic heterocycles. The van der Waals surface area contributed by atoms with Gasteiger partial charge in [-0.1, -0.05) is 18.2 Å². The second kappa shape index (κ2) is 10.7. The van der Waals surface area contributed by atoms with Crippen molar-refractivity contribution in [1.29, 1.82) is 0 Å². The van der Waals surface area contributed by atoms with Crippen molar-refractivity contribution >= 4 is 29.9 Å². The highest BCUT2D eigenvalue weighted by molar-refractivity contribution is 14.0. The van der Waals surface area contributed by atoms with Crippen LogP contribution in [-0.2, 0) is 6.54 Å². The molecule has 1 fully saturated rings. The maximum absolute atomic E-state index is 5.88. The Hall–Kier alpha value is -1.02. The van der Waals surface area contributed by atoms with E-state index in [9.17, 15) is 0 Å². The minimum Gasteiger partial charge on any atom is -0.492 e. The largest absolute Gasteiger partial charge is 0.492 e. The lowest BCUT2D eigenvalue weighted by Crippen LogP contribution is -2.37. The van der Waals surface area contributed by atoms with Crippen molar-refractivity contribution in [2.45, 2.75) is 19.4 Å². The highest BCUT2D eigenvalue weighted by atomic mass is 127. The quantitative estimate of drug-likeness (QED) is 0.376. The van der Waals surface area contributed by atoms with Gasteiger partial charge in [-0.05, 0) is 38.9 Å². The third kappa shape index (κ3) is 7.87. The molecule has 1 aromatic carbocycles. The molecule has 0 spiro atoms. The second-order valence-electron chi connectivity index (χ2n) is 6.01. The summed E-state index contributed by atoms with van der Waals surface area (Å²) >= 11 is 0. The van der Waals surface area contributed by atoms with Crippen LogP contribution in [0.5, 0.6) is 5.75 Å². The van der Waals surface area contributed by atoms with Crippen molar-refractivity contribution in [2.24, 2.45) is 10.9 Å². The van der Waals surface area contributed by atoms with Gasteiger partial charge >= 0.3 is 0 Å². The summed E-state index contributed by atoms with van der Waals surface area (Å²) in [6.07, 6.45) is 2.68. The predicted octanol–water partition coefficient (Wildman–Crippen LogP) is 2.32. The number of nitrogens with one attached hydrogen (secondary N) is 2. The average molecular weight is 432 g/mol. The van der Waals surface area contributed by atoms with Crippen LogP contribution in [0.1, 0.15) is 18.4 Å². The zero-order valence-corrected chi connectivity index (χ0v) is 16.7. The SMILES string of the molecule is CN=C(NCc1ccccc1OCCN(C)C)NCC1CC1.I. The summed E-state index contributed by atoms with van der Waals surface area (Å²) in [5, 5.41) is 6.73. The Morgan fingerprint density at radius 1 is 1.26 bits per heavy atom. The molecule has 0 aromatic heterocycles. The number of hydrogen-bond donors (Lipinski definition) is 2. The summed E-state index contributed by atoms with van der Waals surface area (Å²) in [5.41, 5.74) is 1.15. The van der Waals surface area contributed by atoms with Crippen LogP contribution in [0.4, 0.5) is 0 Å². The van der Waals surface area contributed by atoms with Crippen LogP contribution < -0.4 is 15.4 Å². The van der Waals surface area contributed by atoms with Gasteiger partial charge in [0.2, 0.25) is 0 Å². The molecule has 2 N–H and O–H groups in total. The lowest BCUT2D eigenvalue weighted by molar-refractivity contribution is 0.259. The summed E-state index contributed by atoms with van der Waals surface area (Å²) in [4.78, 5) is 6.38. The number of halogens is 1. The first kappa shape index (κ1) is 20.0. The number of nitrogens with zero attached hydrogens (tertiary/aromatic N) is 2. The summed E-state index contributed by atoms with van der Waals surface area (Å²) in [6.45, 7) is 3.33. The molecule has 1 aromatic rings. The van der Waals surface area contributed by atoms with E-state index in [4.69, 9.17) is 4.74 Å². The Balaban J connectivity index is 0.00000264. The third-order valence-electron chi connectivity index (χ3n) is 3.69. The van der Waals surface area contributed by atoms with Gasteiger partial charge in [0.15, 0.2) is 5.96 Å². The van der Waals surface area contributed by atoms with Gasteiger partial charge < -0.3 is 20.3 Å². The lowest BCUT2D eigenvalue weighted by Gasteiger charge is -2.16. The van der Waals surface area contributed by atoms with Gasteiger partial charge in [-0.25, -0.2) is 0 Å². The topological polar surface area (TPSA) is 48.9 Å². The fourth-order valence-electron chi connectivity index (χ4n) is 2.09. The summed E-state index contributed by atoms with van der Waals surface area (Å²) in [5.74, 6) is 2.63. The van der Waals surface area contributed by atoms with Gasteiger partial charge in [-0.15, -0.1) is 24.0 Å². The van der Waals surface area contributed by atoms with Crippen molar-refractivity contribution in [2.75, 3.05) is 40.8 Å². The maximum atomic E-state index is 5.88. The molecule has 0 saturated heterocycles. The lowest BCUT2D eigenvalue weighted by atomic mass is 10.2. The normalized spacial score (nSPS) is 14.3. The summed E-state index contributed by atoms with van der Waals surface area (Å²) in [7, 11) is 5.90. The van der Waals surface area contributed by atoms with Crippen LogP contribution in [0.2, 0.25) is 0 Å². The molecular weight excluding hydrogens is 403 g/mol. The van der Waals surface area contributed by atoms with E-state index in [1.165, 1.54) is 12.8 Å². The van der Waals surface area contributed by atoms with E-state index in [0.717, 1.165) is 36.3 Å². The van der Waals surface area contributed by atoms with E-state index in [-0.39, 0.29) is 24.0 Å². The minimum absolute atomic E-state index is 0. The van der Waals surface area contributed by atoms with E-state index in [1.807, 2.05) is 39.3 Å². The maximum Gasteiger partial charge on any atom is 0.191 e. The van der Waals surface area contributed by atoms with Crippen LogP contribution in [0, 0.1) is 5.92 Å². The Morgan fingerprint density at radius 3 is 2.65 bits per heavy atom. The molecule has 0 amide bonds. The van der Waals surface area contributed by atoms with Crippen LogP contribution in [0.15, 0.2) is 29.3 Å². The van der Waals surface area contributed by atoms with Crippen molar-refractivity contribution in [3.05, 3.63) is 29.8 Å². The summed E-state index contributed by atoms with van der Waals surface area (Å²) < 4.78 is 5.88. The van der Waals surface area contributed by atoms with Crippen LogP contribution in [0.25, 0.3) is 0 Å². The van der Waals surface area contributed by atoms with Crippen molar-refractivity contribution in [3.8, 4) is 5.75 Å². The number of aliphatic imine (C=N–C) groups is 1. The highest BCUT2D eigenvalue weighted by Crippen LogP contribution is 2.27. The average Bonchev–Trinajstić information content (AvgIpc) is 3.32. The number of hydrogen-bond acceptors (Lipinski definition) is 3. The van der Waals surface area contributed by atoms with Crippen LogP contribution >= 0.6 is 24.0 Å². The van der Waals surface area contributed by atoms with Crippen molar-refractivity contribution < 1.29 is 4.74 Å². The second-order valence-corrected chi connectivity index (χ2v) is 6.01. The van der Waals surface area contributed by atoms with E-state index >= 15 is 0 Å². The molecule has 2 rings (SSSR count). The minimum atomic E-state index is 0. The molecule has 0 radical (unpaired) electrons. The summed E-state index contributed by atoms with van der Waals surface area (Å²) in [6, 6.07) is 8.16. The van der Waals surface area contributed by atoms with Gasteiger partial charge in [-0.3, -0.25) is 4.99 Å². The molecule has 130 valence electrons. The molecule has 0 bridgehead atoms. The zero-order chi connectivity index (χ0) is 15.8. The Labute approximate surface area is 156 Å². The molecule has 6 heteroatoms. The van der Waals surface area contributed by atoms with E-state index < -0.39 is 0 Å². The van der Waals surface area contributed by atoms with Gasteiger partial charge in [0.05, 0.1) is 0 Å². The van der Waals surface area contributed by atoms with E-state index in [2.05, 4.69) is 26.6 Å². The van der Waals surface area contributed by atoms with Gasteiger partial charge in [0, 0.05) is 32.2 Å². The Kier molecular flexibility index (Phi) is 9.31. The number of likely N-dealkylation sites (N-methyl/N-ethyl adjacent to an activating group) is 1. The van der Waals surface area contributed by atoms with Crippen molar-refractivity contribution in [1.82, 2.24) is 15.5 Å². The van der Waals surface area contributed by atoms with Crippen molar-refractivity contribution in [3.63, 3.8) is 0 Å². The monoisotopic (exact) mass is 432 g/mol. The van der Waals surface area contributed by atoms with Gasteiger partial charge in [0.1, 0.15) is 12.4 Å². The molecule has 23 heavy (non-hydrogen) atoms. The third-order valence-corrected chi connectivity index (χ3v) is 3.69. The van der Waals surface area contributed by atoms with Gasteiger partial charge in [-0.2, -0.15) is 0 Å². The molecule has 0 unspecified atom stereocenters. The van der Waals surface area contributed by atoms with Gasteiger partial charge in [0.25, 0.3) is 0 Å². The zero-order valence-electron chi connectivity index (χ0n) is 14.3. The first-order valence-corrected chi connectivity index (χ1v) is 7.99. The number of rotatable bonds is 8. The number of para-hydroxylation sites is 1. The molecule has 1 aliphatic carbocycles. The Bertz CT molecular complexity index is 489. The molecule has 0 atom stereocenters. The fraction of sp³-hybridized carbons (Fsp3) is 0.588. The molecular formula is C17H29IN4O. The first-order chi connectivity index (χ1) is 10.7. The van der Waals surface area contributed by atoms with E-state index in [0.29, 0.717) is 13.2 Å². The highest BCUT2D eigenvalue weighted by Gasteiger charge is 2.21. The number of guanidine groups is 1. The Morgan fingerprint density at radius 2 is 2.00 bits per heavy atom. The first-order valence-electron chi connectivity index (χ1n) is 7.99. The smallest absolute Gasteiger partial charge is 0.191 e. The fourth-order valence-corrected chi connectivity index (χ4v) is 2.09. The predicted molar refractivity (Wildman–Crippen MR) is 107 cm³/mol. The molecule has 1 aliphatic rings. The van der Waals surface area contributed by atoms with Crippen LogP contribution in [0.3, 0.4) is 0 Å². The molecule has 1 saturated carbocycles. The standard InChI is InChI=1S/C17H28N4O.HI/c1-18-17(19-12-14-8-9-14)20-13-15-6-4-5-7-16(15)22-11-10-21(2)3;/h4-7,14H,8-13H2,1-3H3,(H2,18,19,20);1H. The van der Waals surface area contributed by atoms with E-state index in [1.54, 1.807) is 0 Å². The molecule has 5 nitrogen and oxygen atoms in total. The number of benzene rings is 1. The number of ether oxygens (including phenoxy) is 1. The van der Waals surface area contributed by atoms with Crippen LogP contribution in [-0.4, -0.2) is 51.7 Å².